The molecule has 1 N–H and O–H groups in total. The zero-order valence-corrected chi connectivity index (χ0v) is 9.16. The molecule has 1 aromatic rings. The fraction of sp³-hybridized carbons (Fsp3) is 0.500. The van der Waals surface area contributed by atoms with E-state index >= 15 is 0 Å². The van der Waals surface area contributed by atoms with Gasteiger partial charge < -0.3 is 5.32 Å². The van der Waals surface area contributed by atoms with E-state index in [0.29, 0.717) is 0 Å². The molecule has 0 fully saturated rings. The summed E-state index contributed by atoms with van der Waals surface area (Å²) in [5.74, 6) is -0.502. The highest BCUT2D eigenvalue weighted by Crippen LogP contribution is 2.23. The third-order valence-corrected chi connectivity index (χ3v) is 2.04. The van der Waals surface area contributed by atoms with Crippen LogP contribution in [0.25, 0.3) is 0 Å². The third kappa shape index (κ3) is 4.80. The van der Waals surface area contributed by atoms with E-state index in [9.17, 15) is 18.0 Å². The second kappa shape index (κ2) is 5.60. The maximum atomic E-state index is 12.3. The average Bonchev–Trinajstić information content (AvgIpc) is 2.27. The van der Waals surface area contributed by atoms with Crippen molar-refractivity contribution in [1.82, 2.24) is 9.97 Å². The molecule has 1 rings (SSSR count). The van der Waals surface area contributed by atoms with E-state index in [1.54, 1.807) is 0 Å². The molecule has 0 aliphatic heterocycles. The summed E-state index contributed by atoms with van der Waals surface area (Å²) in [4.78, 5) is 18.8. The molecule has 0 spiro atoms. The summed E-state index contributed by atoms with van der Waals surface area (Å²) in [7, 11) is 0. The van der Waals surface area contributed by atoms with Gasteiger partial charge in [-0.25, -0.2) is 9.97 Å². The van der Waals surface area contributed by atoms with E-state index in [4.69, 9.17) is 0 Å². The van der Waals surface area contributed by atoms with Crippen LogP contribution in [0.15, 0.2) is 18.5 Å². The molecule has 0 aliphatic carbocycles. The molecule has 0 saturated carbocycles. The van der Waals surface area contributed by atoms with Gasteiger partial charge in [-0.3, -0.25) is 4.79 Å². The number of hydrogen-bond donors (Lipinski definition) is 1. The SMILES string of the molecule is CCC(=O)C(CC(F)(F)F)Nc1ncccn1. The Hall–Kier alpha value is -1.66. The first-order valence-electron chi connectivity index (χ1n) is 5.05. The highest BCUT2D eigenvalue weighted by molar-refractivity contribution is 5.86. The number of nitrogens with one attached hydrogen (secondary N) is 1. The molecular weight excluding hydrogens is 235 g/mol. The van der Waals surface area contributed by atoms with Crippen LogP contribution in [-0.2, 0) is 4.79 Å². The highest BCUT2D eigenvalue weighted by atomic mass is 19.4. The summed E-state index contributed by atoms with van der Waals surface area (Å²) in [6.45, 7) is 1.51. The van der Waals surface area contributed by atoms with Gasteiger partial charge in [-0.1, -0.05) is 6.92 Å². The van der Waals surface area contributed by atoms with Crippen molar-refractivity contribution in [2.24, 2.45) is 0 Å². The topological polar surface area (TPSA) is 54.9 Å². The number of hydrogen-bond acceptors (Lipinski definition) is 4. The lowest BCUT2D eigenvalue weighted by Crippen LogP contribution is -2.34. The Morgan fingerprint density at radius 3 is 2.47 bits per heavy atom. The van der Waals surface area contributed by atoms with Gasteiger partial charge in [0, 0.05) is 18.8 Å². The second-order valence-corrected chi connectivity index (χ2v) is 3.41. The van der Waals surface area contributed by atoms with Gasteiger partial charge in [-0.15, -0.1) is 0 Å². The van der Waals surface area contributed by atoms with Crippen LogP contribution < -0.4 is 5.32 Å². The van der Waals surface area contributed by atoms with Crippen LogP contribution in [0.1, 0.15) is 19.8 Å². The molecule has 17 heavy (non-hydrogen) atoms. The van der Waals surface area contributed by atoms with Gasteiger partial charge >= 0.3 is 6.18 Å². The Kier molecular flexibility index (Phi) is 4.42. The molecule has 0 bridgehead atoms. The minimum atomic E-state index is -4.41. The van der Waals surface area contributed by atoms with Gasteiger partial charge in [0.25, 0.3) is 0 Å². The number of halogens is 3. The monoisotopic (exact) mass is 247 g/mol. The van der Waals surface area contributed by atoms with Crippen molar-refractivity contribution >= 4 is 11.7 Å². The van der Waals surface area contributed by atoms with E-state index in [2.05, 4.69) is 15.3 Å². The Morgan fingerprint density at radius 2 is 2.00 bits per heavy atom. The lowest BCUT2D eigenvalue weighted by Gasteiger charge is -2.18. The zero-order chi connectivity index (χ0) is 12.9. The summed E-state index contributed by atoms with van der Waals surface area (Å²) in [5, 5.41) is 2.39. The van der Waals surface area contributed by atoms with Gasteiger partial charge in [-0.2, -0.15) is 13.2 Å². The first-order chi connectivity index (χ1) is 7.92. The summed E-state index contributed by atoms with van der Waals surface area (Å²) in [5.41, 5.74) is 0. The Balaban J connectivity index is 2.74. The third-order valence-electron chi connectivity index (χ3n) is 2.04. The average molecular weight is 247 g/mol. The molecule has 0 saturated heterocycles. The summed E-state index contributed by atoms with van der Waals surface area (Å²) in [6, 6.07) is 0.202. The quantitative estimate of drug-likeness (QED) is 0.866. The molecule has 94 valence electrons. The smallest absolute Gasteiger partial charge is 0.344 e. The zero-order valence-electron chi connectivity index (χ0n) is 9.16. The van der Waals surface area contributed by atoms with Crippen LogP contribution in [0.5, 0.6) is 0 Å². The molecule has 4 nitrogen and oxygen atoms in total. The Labute approximate surface area is 96.3 Å². The van der Waals surface area contributed by atoms with Gasteiger partial charge in [0.1, 0.15) is 0 Å². The lowest BCUT2D eigenvalue weighted by atomic mass is 10.1. The highest BCUT2D eigenvalue weighted by Gasteiger charge is 2.35. The van der Waals surface area contributed by atoms with E-state index in [1.807, 2.05) is 0 Å². The van der Waals surface area contributed by atoms with Gasteiger partial charge in [0.15, 0.2) is 5.78 Å². The molecule has 1 heterocycles. The van der Waals surface area contributed by atoms with Gasteiger partial charge in [0.05, 0.1) is 12.5 Å². The van der Waals surface area contributed by atoms with Crippen molar-refractivity contribution in [2.45, 2.75) is 32.0 Å². The number of ketones is 1. The van der Waals surface area contributed by atoms with E-state index in [0.717, 1.165) is 0 Å². The van der Waals surface area contributed by atoms with Crippen molar-refractivity contribution in [3.63, 3.8) is 0 Å². The Bertz CT molecular complexity index is 367. The number of rotatable bonds is 5. The minimum Gasteiger partial charge on any atom is -0.344 e. The van der Waals surface area contributed by atoms with E-state index < -0.39 is 24.4 Å². The number of carbonyl (C=O) groups is 1. The van der Waals surface area contributed by atoms with Crippen molar-refractivity contribution in [2.75, 3.05) is 5.32 Å². The molecule has 1 unspecified atom stereocenters. The van der Waals surface area contributed by atoms with Crippen LogP contribution in [-0.4, -0.2) is 28.0 Å². The fourth-order valence-electron chi connectivity index (χ4n) is 1.25. The van der Waals surface area contributed by atoms with Crippen molar-refractivity contribution in [3.8, 4) is 0 Å². The number of aromatic nitrogens is 2. The minimum absolute atomic E-state index is 0.0172. The molecule has 1 aromatic heterocycles. The van der Waals surface area contributed by atoms with Crippen molar-refractivity contribution in [3.05, 3.63) is 18.5 Å². The number of anilines is 1. The van der Waals surface area contributed by atoms with Gasteiger partial charge in [0.2, 0.25) is 5.95 Å². The van der Waals surface area contributed by atoms with Crippen molar-refractivity contribution < 1.29 is 18.0 Å². The number of nitrogens with zero attached hydrogens (tertiary/aromatic N) is 2. The molecule has 1 atom stereocenters. The van der Waals surface area contributed by atoms with Gasteiger partial charge in [-0.05, 0) is 6.07 Å². The van der Waals surface area contributed by atoms with Crippen LogP contribution in [0, 0.1) is 0 Å². The largest absolute Gasteiger partial charge is 0.391 e. The summed E-state index contributed by atoms with van der Waals surface area (Å²) in [6.07, 6.45) is -2.83. The first-order valence-corrected chi connectivity index (χ1v) is 5.05. The number of carbonyl (C=O) groups excluding carboxylic acids is 1. The molecule has 0 radical (unpaired) electrons. The fourth-order valence-corrected chi connectivity index (χ4v) is 1.25. The number of alkyl halides is 3. The molecule has 0 aromatic carbocycles. The van der Waals surface area contributed by atoms with Crippen LogP contribution in [0.4, 0.5) is 19.1 Å². The molecule has 0 aliphatic rings. The second-order valence-electron chi connectivity index (χ2n) is 3.41. The van der Waals surface area contributed by atoms with Crippen LogP contribution in [0.3, 0.4) is 0 Å². The maximum Gasteiger partial charge on any atom is 0.391 e. The molecule has 0 amide bonds. The maximum absolute atomic E-state index is 12.3. The molecule has 7 heteroatoms. The van der Waals surface area contributed by atoms with E-state index in [1.165, 1.54) is 25.4 Å². The lowest BCUT2D eigenvalue weighted by molar-refractivity contribution is -0.145. The standard InChI is InChI=1S/C10H12F3N3O/c1-2-8(17)7(6-10(11,12)13)16-9-14-4-3-5-15-9/h3-5,7H,2,6H2,1H3,(H,14,15,16). The predicted molar refractivity (Wildman–Crippen MR) is 55.4 cm³/mol. The number of Topliss-reactive ketones (excluding diaryl/α,β-unsaturated/α-hetero) is 1. The summed E-state index contributed by atoms with van der Waals surface area (Å²) >= 11 is 0. The molecular formula is C10H12F3N3O. The first kappa shape index (κ1) is 13.4. The summed E-state index contributed by atoms with van der Waals surface area (Å²) < 4.78 is 36.8. The predicted octanol–water partition coefficient (Wildman–Crippen LogP) is 2.19. The van der Waals surface area contributed by atoms with Crippen molar-refractivity contribution in [1.29, 1.82) is 0 Å². The van der Waals surface area contributed by atoms with Crippen LogP contribution >= 0.6 is 0 Å². The van der Waals surface area contributed by atoms with Crippen LogP contribution in [0.2, 0.25) is 0 Å². The Morgan fingerprint density at radius 1 is 1.41 bits per heavy atom. The van der Waals surface area contributed by atoms with E-state index in [-0.39, 0.29) is 12.4 Å². The normalized spacial score (nSPS) is 13.2.